The fourth-order valence-electron chi connectivity index (χ4n) is 2.71. The summed E-state index contributed by atoms with van der Waals surface area (Å²) in [5, 5.41) is 4.73. The average Bonchev–Trinajstić information content (AvgIpc) is 2.23. The van der Waals surface area contributed by atoms with E-state index in [9.17, 15) is 0 Å². The molecule has 0 aromatic heterocycles. The lowest BCUT2D eigenvalue weighted by Gasteiger charge is -2.34. The fraction of sp³-hybridized carbons (Fsp3) is 1.00. The summed E-state index contributed by atoms with van der Waals surface area (Å²) in [5.74, 6) is 1.38. The molecule has 1 aliphatic carbocycles. The molecule has 1 saturated heterocycles. The first-order valence-corrected chi connectivity index (χ1v) is 7.29. The van der Waals surface area contributed by atoms with Crippen molar-refractivity contribution in [3.8, 4) is 0 Å². The number of hydrogen-bond acceptors (Lipinski definition) is 2. The predicted octanol–water partition coefficient (Wildman–Crippen LogP) is 3.19. The van der Waals surface area contributed by atoms with Gasteiger partial charge in [0.2, 0.25) is 0 Å². The van der Waals surface area contributed by atoms with Gasteiger partial charge in [-0.2, -0.15) is 11.8 Å². The minimum Gasteiger partial charge on any atom is -0.310 e. The van der Waals surface area contributed by atoms with Crippen molar-refractivity contribution >= 4 is 11.8 Å². The van der Waals surface area contributed by atoms with Crippen molar-refractivity contribution in [2.45, 2.75) is 69.2 Å². The van der Waals surface area contributed by atoms with Crippen LogP contribution < -0.4 is 5.32 Å². The number of rotatable bonds is 2. The van der Waals surface area contributed by atoms with E-state index in [2.05, 4.69) is 24.0 Å². The smallest absolute Gasteiger partial charge is 0.0186 e. The van der Waals surface area contributed by atoms with Crippen molar-refractivity contribution in [2.24, 2.45) is 0 Å². The molecule has 0 aromatic carbocycles. The summed E-state index contributed by atoms with van der Waals surface area (Å²) in [6, 6.07) is 1.65. The van der Waals surface area contributed by atoms with Crippen molar-refractivity contribution in [3.63, 3.8) is 0 Å². The van der Waals surface area contributed by atoms with Crippen molar-refractivity contribution in [1.82, 2.24) is 5.32 Å². The Kier molecular flexibility index (Phi) is 4.18. The average molecular weight is 213 g/mol. The van der Waals surface area contributed by atoms with Crippen molar-refractivity contribution in [1.29, 1.82) is 0 Å². The molecule has 1 aliphatic heterocycles. The molecule has 1 saturated carbocycles. The Morgan fingerprint density at radius 2 is 1.79 bits per heavy atom. The van der Waals surface area contributed by atoms with Crippen LogP contribution in [0.3, 0.4) is 0 Å². The minimum absolute atomic E-state index is 0.803. The molecule has 1 N–H and O–H groups in total. The Bertz CT molecular complexity index is 166. The van der Waals surface area contributed by atoms with Crippen LogP contribution in [0.5, 0.6) is 0 Å². The molecule has 14 heavy (non-hydrogen) atoms. The Morgan fingerprint density at radius 1 is 1.00 bits per heavy atom. The van der Waals surface area contributed by atoms with Crippen LogP contribution in [0, 0.1) is 0 Å². The topological polar surface area (TPSA) is 12.0 Å². The van der Waals surface area contributed by atoms with Gasteiger partial charge >= 0.3 is 0 Å². The maximum absolute atomic E-state index is 3.89. The van der Waals surface area contributed by atoms with Gasteiger partial charge < -0.3 is 5.32 Å². The summed E-state index contributed by atoms with van der Waals surface area (Å²) in [6.45, 7) is 2.39. The van der Waals surface area contributed by atoms with Crippen LogP contribution in [0.15, 0.2) is 0 Å². The van der Waals surface area contributed by atoms with Gasteiger partial charge in [-0.25, -0.2) is 0 Å². The Balaban J connectivity index is 1.76. The highest BCUT2D eigenvalue weighted by atomic mass is 32.2. The predicted molar refractivity (Wildman–Crippen MR) is 65.0 cm³/mol. The fourth-order valence-corrected chi connectivity index (χ4v) is 3.87. The lowest BCUT2D eigenvalue weighted by molar-refractivity contribution is 0.322. The van der Waals surface area contributed by atoms with Crippen LogP contribution >= 0.6 is 11.8 Å². The highest BCUT2D eigenvalue weighted by Crippen LogP contribution is 2.27. The third-order valence-corrected chi connectivity index (χ3v) is 5.04. The molecule has 1 heterocycles. The van der Waals surface area contributed by atoms with Gasteiger partial charge in [-0.1, -0.05) is 26.2 Å². The van der Waals surface area contributed by atoms with Gasteiger partial charge in [0, 0.05) is 17.3 Å². The van der Waals surface area contributed by atoms with E-state index in [1.165, 1.54) is 50.7 Å². The van der Waals surface area contributed by atoms with Crippen LogP contribution in [0.25, 0.3) is 0 Å². The molecule has 0 aromatic rings. The minimum atomic E-state index is 0.803. The molecule has 0 amide bonds. The van der Waals surface area contributed by atoms with Crippen LogP contribution in [0.2, 0.25) is 0 Å². The molecule has 82 valence electrons. The summed E-state index contributed by atoms with van der Waals surface area (Å²) >= 11 is 2.15. The first-order chi connectivity index (χ1) is 6.86. The van der Waals surface area contributed by atoms with E-state index < -0.39 is 0 Å². The second kappa shape index (κ2) is 5.41. The third-order valence-electron chi connectivity index (χ3n) is 3.66. The van der Waals surface area contributed by atoms with Gasteiger partial charge in [0.25, 0.3) is 0 Å². The SMILES string of the molecule is CC1SCCCC1NC1CCCCC1. The van der Waals surface area contributed by atoms with Crippen LogP contribution in [0.1, 0.15) is 51.9 Å². The summed E-state index contributed by atoms with van der Waals surface area (Å²) in [7, 11) is 0. The zero-order valence-corrected chi connectivity index (χ0v) is 10.1. The van der Waals surface area contributed by atoms with Crippen LogP contribution in [-0.4, -0.2) is 23.1 Å². The molecule has 0 radical (unpaired) electrons. The zero-order chi connectivity index (χ0) is 9.80. The zero-order valence-electron chi connectivity index (χ0n) is 9.30. The normalized spacial score (nSPS) is 35.8. The second-order valence-electron chi connectivity index (χ2n) is 4.83. The lowest BCUT2D eigenvalue weighted by Crippen LogP contribution is -2.45. The number of thioether (sulfide) groups is 1. The highest BCUT2D eigenvalue weighted by Gasteiger charge is 2.24. The molecule has 2 heteroatoms. The van der Waals surface area contributed by atoms with E-state index in [0.717, 1.165) is 17.3 Å². The van der Waals surface area contributed by atoms with Gasteiger partial charge in [-0.15, -0.1) is 0 Å². The lowest BCUT2D eigenvalue weighted by atomic mass is 9.94. The van der Waals surface area contributed by atoms with Gasteiger partial charge in [-0.3, -0.25) is 0 Å². The molecular formula is C12H23NS. The molecule has 1 nitrogen and oxygen atoms in total. The quantitative estimate of drug-likeness (QED) is 0.756. The molecular weight excluding hydrogens is 190 g/mol. The van der Waals surface area contributed by atoms with E-state index in [0.29, 0.717) is 0 Å². The van der Waals surface area contributed by atoms with Gasteiger partial charge in [0.1, 0.15) is 0 Å². The Labute approximate surface area is 92.4 Å². The third kappa shape index (κ3) is 2.90. The standard InChI is InChI=1S/C12H23NS/c1-10-12(8-5-9-14-10)13-11-6-3-2-4-7-11/h10-13H,2-9H2,1H3. The summed E-state index contributed by atoms with van der Waals surface area (Å²) in [4.78, 5) is 0. The molecule has 2 aliphatic rings. The van der Waals surface area contributed by atoms with Crippen molar-refractivity contribution < 1.29 is 0 Å². The van der Waals surface area contributed by atoms with Gasteiger partial charge in [-0.05, 0) is 31.4 Å². The second-order valence-corrected chi connectivity index (χ2v) is 6.31. The van der Waals surface area contributed by atoms with Crippen LogP contribution in [-0.2, 0) is 0 Å². The van der Waals surface area contributed by atoms with E-state index in [4.69, 9.17) is 0 Å². The summed E-state index contributed by atoms with van der Waals surface area (Å²) in [5.41, 5.74) is 0. The first kappa shape index (κ1) is 10.8. The summed E-state index contributed by atoms with van der Waals surface area (Å²) in [6.07, 6.45) is 10.0. The van der Waals surface area contributed by atoms with E-state index in [-0.39, 0.29) is 0 Å². The van der Waals surface area contributed by atoms with Crippen molar-refractivity contribution in [2.75, 3.05) is 5.75 Å². The van der Waals surface area contributed by atoms with Crippen LogP contribution in [0.4, 0.5) is 0 Å². The molecule has 0 spiro atoms. The van der Waals surface area contributed by atoms with Crippen molar-refractivity contribution in [3.05, 3.63) is 0 Å². The monoisotopic (exact) mass is 213 g/mol. The maximum atomic E-state index is 3.89. The number of hydrogen-bond donors (Lipinski definition) is 1. The molecule has 2 fully saturated rings. The largest absolute Gasteiger partial charge is 0.310 e. The molecule has 2 unspecified atom stereocenters. The maximum Gasteiger partial charge on any atom is 0.0186 e. The first-order valence-electron chi connectivity index (χ1n) is 6.24. The molecule has 2 rings (SSSR count). The highest BCUT2D eigenvalue weighted by molar-refractivity contribution is 7.99. The van der Waals surface area contributed by atoms with E-state index in [1.54, 1.807) is 0 Å². The molecule has 2 atom stereocenters. The Morgan fingerprint density at radius 3 is 2.50 bits per heavy atom. The Hall–Kier alpha value is 0.310. The van der Waals surface area contributed by atoms with E-state index >= 15 is 0 Å². The van der Waals surface area contributed by atoms with Gasteiger partial charge in [0.05, 0.1) is 0 Å². The summed E-state index contributed by atoms with van der Waals surface area (Å²) < 4.78 is 0. The number of nitrogens with one attached hydrogen (secondary N) is 1. The molecule has 0 bridgehead atoms. The van der Waals surface area contributed by atoms with E-state index in [1.807, 2.05) is 0 Å². The van der Waals surface area contributed by atoms with Gasteiger partial charge in [0.15, 0.2) is 0 Å².